The van der Waals surface area contributed by atoms with Crippen LogP contribution < -0.4 is 14.8 Å². The van der Waals surface area contributed by atoms with E-state index in [-0.39, 0.29) is 5.91 Å². The molecule has 4 nitrogen and oxygen atoms in total. The molecule has 4 aromatic rings. The number of amides is 1. The third kappa shape index (κ3) is 6.46. The highest BCUT2D eigenvalue weighted by Crippen LogP contribution is 2.28. The minimum atomic E-state index is -0.262. The first kappa shape index (κ1) is 22.6. The molecule has 4 aromatic carbocycles. The number of hydrogen-bond donors (Lipinski definition) is 1. The van der Waals surface area contributed by atoms with E-state index < -0.39 is 0 Å². The zero-order valence-corrected chi connectivity index (χ0v) is 19.6. The third-order valence-electron chi connectivity index (χ3n) is 5.05. The molecule has 1 N–H and O–H groups in total. The van der Waals surface area contributed by atoms with Gasteiger partial charge in [0.05, 0.1) is 17.9 Å². The average Bonchev–Trinajstić information content (AvgIpc) is 2.85. The van der Waals surface area contributed by atoms with Crippen LogP contribution in [-0.2, 0) is 13.0 Å². The number of ether oxygens (including phenoxy) is 2. The van der Waals surface area contributed by atoms with Gasteiger partial charge in [0.25, 0.3) is 5.91 Å². The summed E-state index contributed by atoms with van der Waals surface area (Å²) >= 11 is 3.46. The number of rotatable bonds is 9. The summed E-state index contributed by atoms with van der Waals surface area (Å²) in [5.74, 6) is 0.882. The quantitative estimate of drug-likeness (QED) is 0.271. The highest BCUT2D eigenvalue weighted by molar-refractivity contribution is 9.10. The standard InChI is InChI=1S/C28H24BrNO3/c29-23-15-16-26(32-18-17-21-9-3-1-4-10-21)24(19-23)28(31)30-25-13-7-8-14-27(25)33-20-22-11-5-2-6-12-22/h1-16,19H,17-18,20H2,(H,30,31). The second-order valence-corrected chi connectivity index (χ2v) is 8.36. The number of carbonyl (C=O) groups is 1. The Morgan fingerprint density at radius 2 is 1.39 bits per heavy atom. The third-order valence-corrected chi connectivity index (χ3v) is 5.54. The lowest BCUT2D eigenvalue weighted by Crippen LogP contribution is -2.15. The van der Waals surface area contributed by atoms with Gasteiger partial charge >= 0.3 is 0 Å². The summed E-state index contributed by atoms with van der Waals surface area (Å²) in [6, 6.07) is 32.9. The highest BCUT2D eigenvalue weighted by Gasteiger charge is 2.16. The van der Waals surface area contributed by atoms with E-state index in [0.717, 1.165) is 16.5 Å². The van der Waals surface area contributed by atoms with Crippen LogP contribution in [0.4, 0.5) is 5.69 Å². The maximum Gasteiger partial charge on any atom is 0.259 e. The number of carbonyl (C=O) groups excluding carboxylic acids is 1. The molecule has 1 amide bonds. The number of halogens is 1. The van der Waals surface area contributed by atoms with Crippen LogP contribution in [0.15, 0.2) is 108 Å². The molecule has 166 valence electrons. The first-order valence-corrected chi connectivity index (χ1v) is 11.5. The Hall–Kier alpha value is -3.57. The monoisotopic (exact) mass is 501 g/mol. The molecule has 33 heavy (non-hydrogen) atoms. The molecule has 5 heteroatoms. The molecular formula is C28H24BrNO3. The zero-order valence-electron chi connectivity index (χ0n) is 18.0. The molecule has 0 aliphatic rings. The van der Waals surface area contributed by atoms with Crippen LogP contribution in [0.2, 0.25) is 0 Å². The Labute approximate surface area is 202 Å². The molecule has 4 rings (SSSR count). The van der Waals surface area contributed by atoms with Crippen molar-refractivity contribution in [1.82, 2.24) is 0 Å². The van der Waals surface area contributed by atoms with E-state index in [1.165, 1.54) is 5.56 Å². The van der Waals surface area contributed by atoms with Crippen molar-refractivity contribution < 1.29 is 14.3 Å². The number of para-hydroxylation sites is 2. The van der Waals surface area contributed by atoms with E-state index in [1.54, 1.807) is 6.07 Å². The number of nitrogens with one attached hydrogen (secondary N) is 1. The van der Waals surface area contributed by atoms with Crippen LogP contribution in [0.1, 0.15) is 21.5 Å². The first-order chi connectivity index (χ1) is 16.2. The molecule has 0 aliphatic heterocycles. The van der Waals surface area contributed by atoms with E-state index in [9.17, 15) is 4.79 Å². The van der Waals surface area contributed by atoms with Crippen molar-refractivity contribution in [1.29, 1.82) is 0 Å². The normalized spacial score (nSPS) is 10.5. The summed E-state index contributed by atoms with van der Waals surface area (Å²) in [6.45, 7) is 0.890. The van der Waals surface area contributed by atoms with Crippen LogP contribution in [0.25, 0.3) is 0 Å². The molecule has 0 radical (unpaired) electrons. The van der Waals surface area contributed by atoms with E-state index in [1.807, 2.05) is 84.9 Å². The van der Waals surface area contributed by atoms with Crippen LogP contribution in [0, 0.1) is 0 Å². The van der Waals surface area contributed by atoms with Crippen molar-refractivity contribution in [3.8, 4) is 11.5 Å². The van der Waals surface area contributed by atoms with Crippen LogP contribution in [0.5, 0.6) is 11.5 Å². The largest absolute Gasteiger partial charge is 0.492 e. The molecular weight excluding hydrogens is 478 g/mol. The lowest BCUT2D eigenvalue weighted by Gasteiger charge is -2.15. The van der Waals surface area contributed by atoms with Crippen molar-refractivity contribution >= 4 is 27.5 Å². The molecule has 0 unspecified atom stereocenters. The van der Waals surface area contributed by atoms with E-state index >= 15 is 0 Å². The van der Waals surface area contributed by atoms with Gasteiger partial charge in [0.2, 0.25) is 0 Å². The fraction of sp³-hybridized carbons (Fsp3) is 0.107. The molecule has 0 saturated heterocycles. The molecule has 0 heterocycles. The van der Waals surface area contributed by atoms with Crippen LogP contribution >= 0.6 is 15.9 Å². The van der Waals surface area contributed by atoms with Gasteiger partial charge in [-0.05, 0) is 41.5 Å². The molecule has 0 fully saturated rings. The maximum absolute atomic E-state index is 13.2. The van der Waals surface area contributed by atoms with Gasteiger partial charge in [-0.2, -0.15) is 0 Å². The van der Waals surface area contributed by atoms with Crippen molar-refractivity contribution in [2.45, 2.75) is 13.0 Å². The summed E-state index contributed by atoms with van der Waals surface area (Å²) in [5.41, 5.74) is 3.30. The lowest BCUT2D eigenvalue weighted by molar-refractivity contribution is 0.102. The highest BCUT2D eigenvalue weighted by atomic mass is 79.9. The molecule has 0 aromatic heterocycles. The second-order valence-electron chi connectivity index (χ2n) is 7.45. The Kier molecular flexibility index (Phi) is 7.77. The van der Waals surface area contributed by atoms with Gasteiger partial charge in [0, 0.05) is 10.9 Å². The van der Waals surface area contributed by atoms with Crippen molar-refractivity contribution in [3.05, 3.63) is 124 Å². The summed E-state index contributed by atoms with van der Waals surface area (Å²) < 4.78 is 12.8. The Morgan fingerprint density at radius 1 is 0.727 bits per heavy atom. The Balaban J connectivity index is 1.45. The summed E-state index contributed by atoms with van der Waals surface area (Å²) in [6.07, 6.45) is 0.758. The Morgan fingerprint density at radius 3 is 2.15 bits per heavy atom. The lowest BCUT2D eigenvalue weighted by atomic mass is 10.1. The summed E-state index contributed by atoms with van der Waals surface area (Å²) in [5, 5.41) is 2.97. The predicted octanol–water partition coefficient (Wildman–Crippen LogP) is 6.90. The SMILES string of the molecule is O=C(Nc1ccccc1OCc1ccccc1)c1cc(Br)ccc1OCCc1ccccc1. The predicted molar refractivity (Wildman–Crippen MR) is 135 cm³/mol. The molecule has 0 bridgehead atoms. The van der Waals surface area contributed by atoms with E-state index in [4.69, 9.17) is 9.47 Å². The van der Waals surface area contributed by atoms with E-state index in [0.29, 0.717) is 36.0 Å². The van der Waals surface area contributed by atoms with Crippen molar-refractivity contribution in [3.63, 3.8) is 0 Å². The van der Waals surface area contributed by atoms with Gasteiger partial charge in [-0.15, -0.1) is 0 Å². The fourth-order valence-electron chi connectivity index (χ4n) is 3.35. The molecule has 0 spiro atoms. The van der Waals surface area contributed by atoms with Crippen molar-refractivity contribution in [2.24, 2.45) is 0 Å². The fourth-order valence-corrected chi connectivity index (χ4v) is 3.71. The minimum absolute atomic E-state index is 0.262. The molecule has 0 saturated carbocycles. The Bertz CT molecular complexity index is 1200. The van der Waals surface area contributed by atoms with E-state index in [2.05, 4.69) is 33.4 Å². The number of hydrogen-bond acceptors (Lipinski definition) is 3. The summed E-state index contributed by atoms with van der Waals surface area (Å²) in [7, 11) is 0. The number of benzene rings is 4. The minimum Gasteiger partial charge on any atom is -0.492 e. The van der Waals surface area contributed by atoms with Gasteiger partial charge in [-0.25, -0.2) is 0 Å². The van der Waals surface area contributed by atoms with Gasteiger partial charge in [-0.3, -0.25) is 4.79 Å². The summed E-state index contributed by atoms with van der Waals surface area (Å²) in [4.78, 5) is 13.2. The van der Waals surface area contributed by atoms with Gasteiger partial charge in [0.1, 0.15) is 18.1 Å². The smallest absolute Gasteiger partial charge is 0.259 e. The average molecular weight is 502 g/mol. The topological polar surface area (TPSA) is 47.6 Å². The number of anilines is 1. The van der Waals surface area contributed by atoms with Crippen molar-refractivity contribution in [2.75, 3.05) is 11.9 Å². The van der Waals surface area contributed by atoms with Gasteiger partial charge in [-0.1, -0.05) is 88.7 Å². The molecule has 0 aliphatic carbocycles. The first-order valence-electron chi connectivity index (χ1n) is 10.7. The molecule has 0 atom stereocenters. The van der Waals surface area contributed by atoms with Gasteiger partial charge in [0.15, 0.2) is 0 Å². The van der Waals surface area contributed by atoms with Crippen LogP contribution in [0.3, 0.4) is 0 Å². The van der Waals surface area contributed by atoms with Crippen LogP contribution in [-0.4, -0.2) is 12.5 Å². The zero-order chi connectivity index (χ0) is 22.9. The second kappa shape index (κ2) is 11.3. The maximum atomic E-state index is 13.2. The van der Waals surface area contributed by atoms with Gasteiger partial charge < -0.3 is 14.8 Å².